The van der Waals surface area contributed by atoms with E-state index in [1.807, 2.05) is 0 Å². The number of azo groups is 2. The maximum Gasteiger partial charge on any atom is 1.00 e. The Balaban J connectivity index is 0.00000272. The Morgan fingerprint density at radius 3 is 1.46 bits per heavy atom. The molecule has 0 amide bonds. The Bertz CT molecular complexity index is 5150. The quantitative estimate of drug-likeness (QED) is 0.0258. The zero-order valence-electron chi connectivity index (χ0n) is 47.2. The molecule has 38 heteroatoms. The number of phenols is 2. The molecule has 12 aromatic rings. The van der Waals surface area contributed by atoms with Crippen molar-refractivity contribution < 1.29 is 154 Å². The molecule has 0 atom stereocenters. The number of thiazole rings is 2. The van der Waals surface area contributed by atoms with E-state index in [2.05, 4.69) is 93.7 Å². The molecule has 0 fully saturated rings. The fourth-order valence-corrected chi connectivity index (χ4v) is 12.5. The molecular weight excluding hydrogens is 1430 g/mol. The second-order valence-electron chi connectivity index (χ2n) is 18.2. The van der Waals surface area contributed by atoms with Gasteiger partial charge in [0, 0.05) is 33.9 Å². The molecule has 440 valence electrons. The van der Waals surface area contributed by atoms with Crippen LogP contribution < -0.4 is 139 Å². The molecule has 92 heavy (non-hydrogen) atoms. The molecule has 0 unspecified atom stereocenters. The molecule has 12 rings (SSSR count). The number of nitrogens with one attached hydrogen (secondary N) is 4. The summed E-state index contributed by atoms with van der Waals surface area (Å²) in [4.78, 5) is 32.5. The van der Waals surface area contributed by atoms with Crippen LogP contribution in [0.1, 0.15) is 11.1 Å². The van der Waals surface area contributed by atoms with Crippen molar-refractivity contribution in [2.45, 2.75) is 9.79 Å². The van der Waals surface area contributed by atoms with Crippen molar-refractivity contribution in [3.05, 3.63) is 163 Å². The standard InChI is InChI=1S/C54H28Cl6N16O8S4.4Na/c55-33-19-38-40(21-35(33)57)85-53(65-38)75-73-37-14-6-25-15-28(10-12-31(25)45(37)77)62-50-69-48(60)70-52(72-50)64-30-9-5-24(42(18-30)87(79,80)81)4-1-23-2-7-27(8-3-23)61-49-67-47(59)68-51(71-49)63-29-11-13-32-26(16-29)17-43(88(82,83)84)44(46(32)78)74-76-54-66-39-20-34(56)36(58)22-41(39)86-54;;;;/h1-2,4-13,15-22,77-78H,(H,79,80,81)(H,82,83,84)(H2,61,63,67,68,71)(H2,62,64,69,70,72);;;;/q-2;4*+1/p-2. The Morgan fingerprint density at radius 2 is 0.935 bits per heavy atom. The minimum absolute atomic E-state index is 0. The number of aromatic hydroxyl groups is 2. The molecule has 24 nitrogen and oxygen atoms in total. The van der Waals surface area contributed by atoms with Crippen LogP contribution in [0.2, 0.25) is 30.7 Å². The van der Waals surface area contributed by atoms with Gasteiger partial charge in [-0.25, -0.2) is 26.8 Å². The summed E-state index contributed by atoms with van der Waals surface area (Å²) < 4.78 is 76.7. The van der Waals surface area contributed by atoms with Crippen LogP contribution in [-0.4, -0.2) is 76.0 Å². The van der Waals surface area contributed by atoms with Crippen molar-refractivity contribution in [3.8, 4) is 11.5 Å². The maximum absolute atomic E-state index is 12.6. The van der Waals surface area contributed by atoms with Gasteiger partial charge in [0.05, 0.1) is 50.3 Å². The van der Waals surface area contributed by atoms with E-state index in [0.29, 0.717) is 58.6 Å². The zero-order chi connectivity index (χ0) is 61.8. The maximum atomic E-state index is 12.6. The van der Waals surface area contributed by atoms with E-state index in [9.17, 15) is 36.2 Å². The monoisotopic (exact) mass is 1460 g/mol. The Kier molecular flexibility index (Phi) is 24.4. The summed E-state index contributed by atoms with van der Waals surface area (Å²) in [5, 5.41) is 52.8. The first-order chi connectivity index (χ1) is 42.0. The van der Waals surface area contributed by atoms with Crippen LogP contribution in [0.25, 0.3) is 54.1 Å². The number of phenolic OH excluding ortho intramolecular Hbond substituents is 2. The average molecular weight is 1460 g/mol. The number of halogens is 6. The summed E-state index contributed by atoms with van der Waals surface area (Å²) in [6.45, 7) is 0. The zero-order valence-corrected chi connectivity index (χ0v) is 63.0. The minimum atomic E-state index is -5.21. The molecule has 4 heterocycles. The Hall–Kier alpha value is -4.62. The molecule has 6 N–H and O–H groups in total. The van der Waals surface area contributed by atoms with Crippen LogP contribution >= 0.6 is 92.3 Å². The molecule has 0 saturated heterocycles. The summed E-state index contributed by atoms with van der Waals surface area (Å²) in [5.41, 5.74) is 2.38. The second-order valence-corrected chi connectivity index (χ2v) is 25.2. The van der Waals surface area contributed by atoms with E-state index in [0.717, 1.165) is 28.2 Å². The number of nitrogens with zero attached hydrogens (tertiary/aromatic N) is 12. The SMILES string of the molecule is O=S(=O)([O-])c1cc(Nc2nc(Cl)nc(Nc3ccc4c(O)c(N=Nc5nc6cc(Cl)c(Cl)cc6s5)[c-]cc4c3)n2)ccc1C=Cc1[c-]cc(Nc2nc(Cl)nc(Nc3ccc4c(O)c(N=Nc5nc6cc(Cl)c(Cl)cc6s5)c(S(=O)(=O)[O-])cc4c3)n2)cc1.[Na+].[Na+].[Na+].[Na+]. The number of rotatable bonds is 16. The first-order valence-corrected chi connectivity index (χ1v) is 31.2. The number of hydrogen-bond donors (Lipinski definition) is 6. The van der Waals surface area contributed by atoms with Crippen LogP contribution in [0, 0.1) is 12.1 Å². The molecule has 0 aliphatic heterocycles. The van der Waals surface area contributed by atoms with Gasteiger partial charge in [0.2, 0.25) is 44.6 Å². The molecule has 4 aromatic heterocycles. The summed E-state index contributed by atoms with van der Waals surface area (Å²) in [5.74, 6) is -0.992. The summed E-state index contributed by atoms with van der Waals surface area (Å²) in [6.07, 6.45) is 2.95. The third-order valence-corrected chi connectivity index (χ3v) is 17.7. The van der Waals surface area contributed by atoms with E-state index in [1.54, 1.807) is 54.6 Å². The molecule has 0 spiro atoms. The molecule has 0 aliphatic rings. The number of fused-ring (bicyclic) bond motifs is 4. The van der Waals surface area contributed by atoms with Gasteiger partial charge in [0.1, 0.15) is 25.9 Å². The normalized spacial score (nSPS) is 11.7. The van der Waals surface area contributed by atoms with E-state index in [4.69, 9.17) is 69.6 Å². The summed E-state index contributed by atoms with van der Waals surface area (Å²) in [6, 6.07) is 33.2. The van der Waals surface area contributed by atoms with Crippen molar-refractivity contribution in [1.82, 2.24) is 39.9 Å². The molecule has 0 saturated carbocycles. The molecule has 0 radical (unpaired) electrons. The average Bonchev–Trinajstić information content (AvgIpc) is 1.03. The number of hydrogen-bond acceptors (Lipinski definition) is 26. The molecule has 0 bridgehead atoms. The van der Waals surface area contributed by atoms with Crippen LogP contribution in [0.3, 0.4) is 0 Å². The third-order valence-electron chi connectivity index (χ3n) is 12.3. The van der Waals surface area contributed by atoms with Gasteiger partial charge in [0.25, 0.3) is 0 Å². The van der Waals surface area contributed by atoms with E-state index in [-0.39, 0.29) is 207 Å². The molecule has 0 aliphatic carbocycles. The second kappa shape index (κ2) is 30.6. The van der Waals surface area contributed by atoms with Crippen molar-refractivity contribution >= 4 is 235 Å². The van der Waals surface area contributed by atoms with Crippen LogP contribution in [0.15, 0.2) is 139 Å². The van der Waals surface area contributed by atoms with Crippen LogP contribution in [0.5, 0.6) is 11.5 Å². The number of aromatic nitrogens is 8. The predicted octanol–water partition coefficient (Wildman–Crippen LogP) is 4.31. The first-order valence-electron chi connectivity index (χ1n) is 24.5. The van der Waals surface area contributed by atoms with Gasteiger partial charge >= 0.3 is 118 Å². The van der Waals surface area contributed by atoms with E-state index < -0.39 is 41.5 Å². The summed E-state index contributed by atoms with van der Waals surface area (Å²) in [7, 11) is -10.3. The van der Waals surface area contributed by atoms with Gasteiger partial charge in [0.15, 0.2) is 5.75 Å². The van der Waals surface area contributed by atoms with Gasteiger partial charge < -0.3 is 40.6 Å². The Labute approximate surface area is 646 Å². The van der Waals surface area contributed by atoms with Crippen molar-refractivity contribution in [3.63, 3.8) is 0 Å². The van der Waals surface area contributed by atoms with E-state index in [1.165, 1.54) is 66.0 Å². The van der Waals surface area contributed by atoms with Gasteiger partial charge in [-0.2, -0.15) is 52.7 Å². The fraction of sp³-hybridized carbons (Fsp3) is 0. The summed E-state index contributed by atoms with van der Waals surface area (Å²) >= 11 is 39.3. The van der Waals surface area contributed by atoms with Crippen LogP contribution in [-0.2, 0) is 20.2 Å². The minimum Gasteiger partial charge on any atom is -0.744 e. The Morgan fingerprint density at radius 1 is 0.467 bits per heavy atom. The van der Waals surface area contributed by atoms with Gasteiger partial charge in [-0.3, -0.25) is 0 Å². The van der Waals surface area contributed by atoms with E-state index >= 15 is 0 Å². The van der Waals surface area contributed by atoms with Crippen molar-refractivity contribution in [2.24, 2.45) is 20.5 Å². The molecule has 8 aromatic carbocycles. The number of anilines is 8. The first kappa shape index (κ1) is 73.2. The fourth-order valence-electron chi connectivity index (χ4n) is 8.41. The van der Waals surface area contributed by atoms with Crippen molar-refractivity contribution in [2.75, 3.05) is 21.3 Å². The van der Waals surface area contributed by atoms with Gasteiger partial charge in [-0.15, -0.1) is 51.1 Å². The third kappa shape index (κ3) is 17.1. The van der Waals surface area contributed by atoms with Crippen molar-refractivity contribution in [1.29, 1.82) is 0 Å². The number of benzene rings is 8. The van der Waals surface area contributed by atoms with Crippen LogP contribution in [0.4, 0.5) is 68.2 Å². The smallest absolute Gasteiger partial charge is 0.744 e. The van der Waals surface area contributed by atoms with Gasteiger partial charge in [-0.05, 0) is 107 Å². The van der Waals surface area contributed by atoms with Gasteiger partial charge in [-0.1, -0.05) is 98.7 Å². The topological polar surface area (TPSA) is 356 Å². The predicted molar refractivity (Wildman–Crippen MR) is 337 cm³/mol. The molecular formula is C54H26Cl6N16Na4O8S4. The largest absolute Gasteiger partial charge is 1.00 e.